The van der Waals surface area contributed by atoms with Gasteiger partial charge in [0.05, 0.1) is 6.61 Å². The molecule has 11 heavy (non-hydrogen) atoms. The van der Waals surface area contributed by atoms with Crippen LogP contribution in [-0.2, 0) is 4.74 Å². The van der Waals surface area contributed by atoms with E-state index in [9.17, 15) is 0 Å². The Labute approximate surface area is 68.0 Å². The molecule has 1 heteroatoms. The molecule has 0 aliphatic rings. The standard InChI is InChI=1S/C10H13O/c1-9(8-11-2)10-6-4-3-5-7-10/h3-7,9H,1,8H2,2H3/t9-/m1/s1. The van der Waals surface area contributed by atoms with Crippen molar-refractivity contribution in [1.82, 2.24) is 0 Å². The van der Waals surface area contributed by atoms with Crippen LogP contribution in [0.2, 0.25) is 0 Å². The number of rotatable bonds is 3. The maximum absolute atomic E-state index is 5.00. The van der Waals surface area contributed by atoms with Crippen LogP contribution in [0.5, 0.6) is 0 Å². The van der Waals surface area contributed by atoms with E-state index < -0.39 is 0 Å². The fraction of sp³-hybridized carbons (Fsp3) is 0.300. The van der Waals surface area contributed by atoms with Crippen molar-refractivity contribution in [3.8, 4) is 0 Å². The van der Waals surface area contributed by atoms with Crippen molar-refractivity contribution in [2.45, 2.75) is 5.92 Å². The highest BCUT2D eigenvalue weighted by Crippen LogP contribution is 2.13. The first kappa shape index (κ1) is 8.28. The zero-order chi connectivity index (χ0) is 8.10. The molecular formula is C10H13O. The second-order valence-electron chi connectivity index (χ2n) is 2.56. The summed E-state index contributed by atoms with van der Waals surface area (Å²) in [5.41, 5.74) is 1.23. The Balaban J connectivity index is 2.61. The first-order chi connectivity index (χ1) is 5.34. The molecule has 0 unspecified atom stereocenters. The van der Waals surface area contributed by atoms with Gasteiger partial charge in [-0.05, 0) is 12.5 Å². The van der Waals surface area contributed by atoms with Crippen molar-refractivity contribution in [3.63, 3.8) is 0 Å². The summed E-state index contributed by atoms with van der Waals surface area (Å²) in [5.74, 6) is 0.251. The summed E-state index contributed by atoms with van der Waals surface area (Å²) in [7, 11) is 1.70. The Kier molecular flexibility index (Phi) is 3.12. The molecular weight excluding hydrogens is 136 g/mol. The molecule has 0 fully saturated rings. The van der Waals surface area contributed by atoms with E-state index in [4.69, 9.17) is 4.74 Å². The Bertz CT molecular complexity index is 193. The SMILES string of the molecule is [CH2][C@H](COC)c1ccccc1. The van der Waals surface area contributed by atoms with Gasteiger partial charge >= 0.3 is 0 Å². The minimum absolute atomic E-state index is 0.251. The van der Waals surface area contributed by atoms with Crippen molar-refractivity contribution in [2.75, 3.05) is 13.7 Å². The molecule has 1 aromatic rings. The van der Waals surface area contributed by atoms with Crippen LogP contribution in [-0.4, -0.2) is 13.7 Å². The van der Waals surface area contributed by atoms with E-state index in [2.05, 4.69) is 19.1 Å². The molecule has 0 bridgehead atoms. The topological polar surface area (TPSA) is 9.23 Å². The van der Waals surface area contributed by atoms with Crippen molar-refractivity contribution in [1.29, 1.82) is 0 Å². The maximum atomic E-state index is 5.00. The van der Waals surface area contributed by atoms with E-state index in [-0.39, 0.29) is 5.92 Å². The average Bonchev–Trinajstić information content (AvgIpc) is 2.07. The highest BCUT2D eigenvalue weighted by Gasteiger charge is 2.02. The van der Waals surface area contributed by atoms with Crippen LogP contribution in [0.1, 0.15) is 11.5 Å². The summed E-state index contributed by atoms with van der Waals surface area (Å²) in [5, 5.41) is 0. The highest BCUT2D eigenvalue weighted by atomic mass is 16.5. The largest absolute Gasteiger partial charge is 0.384 e. The lowest BCUT2D eigenvalue weighted by atomic mass is 10.0. The third kappa shape index (κ3) is 2.35. The Morgan fingerprint density at radius 2 is 2.00 bits per heavy atom. The molecule has 0 N–H and O–H groups in total. The van der Waals surface area contributed by atoms with Crippen LogP contribution >= 0.6 is 0 Å². The zero-order valence-corrected chi connectivity index (χ0v) is 6.79. The quantitative estimate of drug-likeness (QED) is 0.640. The van der Waals surface area contributed by atoms with Gasteiger partial charge in [0, 0.05) is 13.0 Å². The third-order valence-corrected chi connectivity index (χ3v) is 1.64. The van der Waals surface area contributed by atoms with Crippen molar-refractivity contribution in [3.05, 3.63) is 42.8 Å². The van der Waals surface area contributed by atoms with Gasteiger partial charge in [-0.2, -0.15) is 0 Å². The molecule has 0 aromatic heterocycles. The summed E-state index contributed by atoms with van der Waals surface area (Å²) < 4.78 is 5.00. The lowest BCUT2D eigenvalue weighted by molar-refractivity contribution is 0.190. The molecule has 0 spiro atoms. The Morgan fingerprint density at radius 3 is 2.55 bits per heavy atom. The fourth-order valence-corrected chi connectivity index (χ4v) is 1.02. The molecule has 1 rings (SSSR count). The number of methoxy groups -OCH3 is 1. The molecule has 0 amide bonds. The predicted octanol–water partition coefficient (Wildman–Crippen LogP) is 2.25. The van der Waals surface area contributed by atoms with E-state index in [1.165, 1.54) is 5.56 Å². The molecule has 1 aromatic carbocycles. The highest BCUT2D eigenvalue weighted by molar-refractivity contribution is 5.20. The van der Waals surface area contributed by atoms with E-state index in [1.54, 1.807) is 7.11 Å². The Morgan fingerprint density at radius 1 is 1.36 bits per heavy atom. The molecule has 0 saturated heterocycles. The van der Waals surface area contributed by atoms with Gasteiger partial charge in [-0.1, -0.05) is 30.3 Å². The molecule has 1 radical (unpaired) electrons. The van der Waals surface area contributed by atoms with Gasteiger partial charge in [-0.25, -0.2) is 0 Å². The summed E-state index contributed by atoms with van der Waals surface area (Å²) in [6, 6.07) is 10.2. The maximum Gasteiger partial charge on any atom is 0.0530 e. The van der Waals surface area contributed by atoms with Crippen LogP contribution in [0.4, 0.5) is 0 Å². The normalized spacial score (nSPS) is 12.9. The van der Waals surface area contributed by atoms with Gasteiger partial charge in [0.1, 0.15) is 0 Å². The van der Waals surface area contributed by atoms with Crippen LogP contribution in [0, 0.1) is 6.92 Å². The molecule has 0 heterocycles. The molecule has 0 aliphatic carbocycles. The minimum atomic E-state index is 0.251. The second kappa shape index (κ2) is 4.14. The van der Waals surface area contributed by atoms with Crippen molar-refractivity contribution >= 4 is 0 Å². The van der Waals surface area contributed by atoms with Gasteiger partial charge in [0.25, 0.3) is 0 Å². The van der Waals surface area contributed by atoms with Crippen molar-refractivity contribution < 1.29 is 4.74 Å². The molecule has 1 nitrogen and oxygen atoms in total. The van der Waals surface area contributed by atoms with E-state index >= 15 is 0 Å². The summed E-state index contributed by atoms with van der Waals surface area (Å²) in [6.07, 6.45) is 0. The van der Waals surface area contributed by atoms with Crippen LogP contribution in [0.15, 0.2) is 30.3 Å². The summed E-state index contributed by atoms with van der Waals surface area (Å²) in [6.45, 7) is 4.66. The van der Waals surface area contributed by atoms with Crippen LogP contribution in [0.25, 0.3) is 0 Å². The van der Waals surface area contributed by atoms with Crippen LogP contribution in [0.3, 0.4) is 0 Å². The van der Waals surface area contributed by atoms with E-state index in [0.717, 1.165) is 0 Å². The number of ether oxygens (including phenoxy) is 1. The monoisotopic (exact) mass is 149 g/mol. The summed E-state index contributed by atoms with van der Waals surface area (Å²) >= 11 is 0. The molecule has 59 valence electrons. The van der Waals surface area contributed by atoms with Gasteiger partial charge in [0.2, 0.25) is 0 Å². The van der Waals surface area contributed by atoms with E-state index in [0.29, 0.717) is 6.61 Å². The molecule has 0 saturated carbocycles. The van der Waals surface area contributed by atoms with Gasteiger partial charge < -0.3 is 4.74 Å². The van der Waals surface area contributed by atoms with Crippen LogP contribution < -0.4 is 0 Å². The molecule has 1 atom stereocenters. The average molecular weight is 149 g/mol. The minimum Gasteiger partial charge on any atom is -0.384 e. The third-order valence-electron chi connectivity index (χ3n) is 1.64. The Hall–Kier alpha value is -0.820. The predicted molar refractivity (Wildman–Crippen MR) is 46.4 cm³/mol. The van der Waals surface area contributed by atoms with Gasteiger partial charge in [0.15, 0.2) is 0 Å². The lowest BCUT2D eigenvalue weighted by Gasteiger charge is -2.08. The van der Waals surface area contributed by atoms with E-state index in [1.807, 2.05) is 18.2 Å². The number of hydrogen-bond acceptors (Lipinski definition) is 1. The fourth-order valence-electron chi connectivity index (χ4n) is 1.02. The van der Waals surface area contributed by atoms with Crippen molar-refractivity contribution in [2.24, 2.45) is 0 Å². The summed E-state index contributed by atoms with van der Waals surface area (Å²) in [4.78, 5) is 0. The smallest absolute Gasteiger partial charge is 0.0530 e. The number of benzene rings is 1. The lowest BCUT2D eigenvalue weighted by Crippen LogP contribution is -2.01. The van der Waals surface area contributed by atoms with Gasteiger partial charge in [-0.15, -0.1) is 0 Å². The van der Waals surface area contributed by atoms with Gasteiger partial charge in [-0.3, -0.25) is 0 Å². The first-order valence-corrected chi connectivity index (χ1v) is 3.71. The number of hydrogen-bond donors (Lipinski definition) is 0. The second-order valence-corrected chi connectivity index (χ2v) is 2.56. The molecule has 0 aliphatic heterocycles. The zero-order valence-electron chi connectivity index (χ0n) is 6.79. The first-order valence-electron chi connectivity index (χ1n) is 3.71.